The Kier molecular flexibility index (Phi) is 3.41. The van der Waals surface area contributed by atoms with Crippen LogP contribution < -0.4 is 10.2 Å². The van der Waals surface area contributed by atoms with Crippen molar-refractivity contribution in [1.82, 2.24) is 34.9 Å². The Morgan fingerprint density at radius 2 is 2.08 bits per heavy atom. The number of H-pyrrole nitrogens is 1. The lowest BCUT2D eigenvalue weighted by Gasteiger charge is -2.38. The Balaban J connectivity index is 1.39. The Morgan fingerprint density at radius 3 is 2.79 bits per heavy atom. The predicted octanol–water partition coefficient (Wildman–Crippen LogP) is 0.164. The summed E-state index contributed by atoms with van der Waals surface area (Å²) in [6.45, 7) is 3.08. The van der Waals surface area contributed by atoms with Crippen LogP contribution in [-0.4, -0.2) is 53.9 Å². The average molecular weight is 325 g/mol. The molecular formula is C14H15N9O. The number of rotatable bonds is 4. The molecule has 3 aromatic rings. The fraction of sp³-hybridized carbons (Fsp3) is 0.286. The highest BCUT2D eigenvalue weighted by Gasteiger charge is 2.34. The number of aromatic nitrogens is 7. The number of amides is 1. The number of hydrogen-bond acceptors (Lipinski definition) is 7. The van der Waals surface area contributed by atoms with Gasteiger partial charge >= 0.3 is 0 Å². The summed E-state index contributed by atoms with van der Waals surface area (Å²) in [4.78, 5) is 26.5. The minimum absolute atomic E-state index is 0.0386. The number of anilines is 2. The van der Waals surface area contributed by atoms with Gasteiger partial charge in [0.25, 0.3) is 0 Å². The molecule has 0 aliphatic carbocycles. The number of nitrogens with one attached hydrogen (secondary N) is 2. The fourth-order valence-electron chi connectivity index (χ4n) is 2.50. The van der Waals surface area contributed by atoms with Crippen LogP contribution in [0, 0.1) is 12.8 Å². The zero-order chi connectivity index (χ0) is 16.5. The molecule has 0 spiro atoms. The highest BCUT2D eigenvalue weighted by atomic mass is 16.2. The van der Waals surface area contributed by atoms with Crippen LogP contribution in [0.5, 0.6) is 0 Å². The maximum atomic E-state index is 12.2. The molecule has 0 bridgehead atoms. The molecule has 24 heavy (non-hydrogen) atoms. The van der Waals surface area contributed by atoms with E-state index in [2.05, 4.69) is 35.6 Å². The van der Waals surface area contributed by atoms with Crippen molar-refractivity contribution in [3.63, 3.8) is 0 Å². The molecule has 10 heteroatoms. The van der Waals surface area contributed by atoms with Gasteiger partial charge in [0.15, 0.2) is 11.6 Å². The maximum Gasteiger partial charge on any atom is 0.232 e. The molecule has 1 fully saturated rings. The second-order valence-electron chi connectivity index (χ2n) is 5.60. The van der Waals surface area contributed by atoms with Gasteiger partial charge in [0.2, 0.25) is 5.91 Å². The second kappa shape index (κ2) is 5.72. The van der Waals surface area contributed by atoms with Gasteiger partial charge < -0.3 is 10.2 Å². The van der Waals surface area contributed by atoms with Crippen molar-refractivity contribution in [1.29, 1.82) is 0 Å². The van der Waals surface area contributed by atoms with Gasteiger partial charge in [0.1, 0.15) is 24.8 Å². The van der Waals surface area contributed by atoms with Crippen molar-refractivity contribution in [2.75, 3.05) is 23.3 Å². The molecule has 4 rings (SSSR count). The highest BCUT2D eigenvalue weighted by Crippen LogP contribution is 2.24. The average Bonchev–Trinajstić information content (AvgIpc) is 3.18. The summed E-state index contributed by atoms with van der Waals surface area (Å²) in [5, 5.41) is 13.7. The molecular weight excluding hydrogens is 310 g/mol. The standard InChI is InChI=1S/C14H15N9O/c1-9-2-11(21-20-9)19-14(24)10-4-22(5-10)12-3-13(17-7-16-12)23-8-15-6-18-23/h2-3,6-8,10H,4-5H2,1H3,(H2,19,20,21,24). The van der Waals surface area contributed by atoms with Crippen LogP contribution in [0.3, 0.4) is 0 Å². The van der Waals surface area contributed by atoms with Gasteiger partial charge in [-0.25, -0.2) is 19.6 Å². The molecule has 122 valence electrons. The van der Waals surface area contributed by atoms with E-state index < -0.39 is 0 Å². The van der Waals surface area contributed by atoms with Crippen molar-refractivity contribution >= 4 is 17.5 Å². The van der Waals surface area contributed by atoms with E-state index >= 15 is 0 Å². The molecule has 1 saturated heterocycles. The lowest BCUT2D eigenvalue weighted by atomic mass is 9.99. The number of aryl methyl sites for hydroxylation is 1. The van der Waals surface area contributed by atoms with Crippen molar-refractivity contribution in [2.45, 2.75) is 6.92 Å². The zero-order valence-corrected chi connectivity index (χ0v) is 12.9. The molecule has 1 aliphatic rings. The largest absolute Gasteiger partial charge is 0.355 e. The van der Waals surface area contributed by atoms with Crippen LogP contribution in [0.15, 0.2) is 31.1 Å². The zero-order valence-electron chi connectivity index (χ0n) is 12.9. The second-order valence-corrected chi connectivity index (χ2v) is 5.60. The van der Waals surface area contributed by atoms with E-state index in [0.717, 1.165) is 11.5 Å². The third-order valence-electron chi connectivity index (χ3n) is 3.83. The summed E-state index contributed by atoms with van der Waals surface area (Å²) < 4.78 is 1.56. The van der Waals surface area contributed by atoms with E-state index in [1.807, 2.05) is 17.9 Å². The first kappa shape index (κ1) is 14.3. The van der Waals surface area contributed by atoms with E-state index in [9.17, 15) is 4.79 Å². The quantitative estimate of drug-likeness (QED) is 0.701. The van der Waals surface area contributed by atoms with Gasteiger partial charge in [-0.3, -0.25) is 9.89 Å². The topological polar surface area (TPSA) is 118 Å². The van der Waals surface area contributed by atoms with Crippen LogP contribution in [0.2, 0.25) is 0 Å². The molecule has 0 atom stereocenters. The smallest absolute Gasteiger partial charge is 0.232 e. The number of carbonyl (C=O) groups is 1. The summed E-state index contributed by atoms with van der Waals surface area (Å²) in [5.41, 5.74) is 0.905. The lowest BCUT2D eigenvalue weighted by Crippen LogP contribution is -2.52. The summed E-state index contributed by atoms with van der Waals surface area (Å²) in [7, 11) is 0. The van der Waals surface area contributed by atoms with E-state index in [1.165, 1.54) is 12.7 Å². The Labute approximate surface area is 136 Å². The lowest BCUT2D eigenvalue weighted by molar-refractivity contribution is -0.120. The summed E-state index contributed by atoms with van der Waals surface area (Å²) in [6.07, 6.45) is 4.50. The fourth-order valence-corrected chi connectivity index (χ4v) is 2.50. The molecule has 10 nitrogen and oxygen atoms in total. The highest BCUT2D eigenvalue weighted by molar-refractivity contribution is 5.93. The predicted molar refractivity (Wildman–Crippen MR) is 84.6 cm³/mol. The molecule has 0 radical (unpaired) electrons. The minimum atomic E-state index is -0.0909. The van der Waals surface area contributed by atoms with Crippen LogP contribution >= 0.6 is 0 Å². The normalized spacial score (nSPS) is 14.5. The molecule has 0 aromatic carbocycles. The SMILES string of the molecule is Cc1cc(NC(=O)C2CN(c3cc(-n4cncn4)ncn3)C2)n[nH]1. The molecule has 0 saturated carbocycles. The van der Waals surface area contributed by atoms with Crippen LogP contribution in [0.25, 0.3) is 5.82 Å². The molecule has 0 unspecified atom stereocenters. The third-order valence-corrected chi connectivity index (χ3v) is 3.83. The first-order valence-corrected chi connectivity index (χ1v) is 7.44. The Hall–Kier alpha value is -3.30. The summed E-state index contributed by atoms with van der Waals surface area (Å²) >= 11 is 0. The Morgan fingerprint density at radius 1 is 1.25 bits per heavy atom. The van der Waals surface area contributed by atoms with Crippen molar-refractivity contribution in [2.24, 2.45) is 5.92 Å². The van der Waals surface area contributed by atoms with Crippen LogP contribution in [0.4, 0.5) is 11.6 Å². The van der Waals surface area contributed by atoms with Crippen molar-refractivity contribution in [3.8, 4) is 5.82 Å². The summed E-state index contributed by atoms with van der Waals surface area (Å²) in [5.74, 6) is 1.81. The first-order valence-electron chi connectivity index (χ1n) is 7.44. The van der Waals surface area contributed by atoms with Crippen molar-refractivity contribution < 1.29 is 4.79 Å². The van der Waals surface area contributed by atoms with Gasteiger partial charge in [0.05, 0.1) is 5.92 Å². The van der Waals surface area contributed by atoms with Gasteiger partial charge in [-0.2, -0.15) is 10.2 Å². The van der Waals surface area contributed by atoms with Gasteiger partial charge in [-0.1, -0.05) is 0 Å². The van der Waals surface area contributed by atoms with E-state index in [-0.39, 0.29) is 11.8 Å². The molecule has 3 aromatic heterocycles. The van der Waals surface area contributed by atoms with Crippen molar-refractivity contribution in [3.05, 3.63) is 36.8 Å². The minimum Gasteiger partial charge on any atom is -0.355 e. The van der Waals surface area contributed by atoms with E-state index in [4.69, 9.17) is 0 Å². The van der Waals surface area contributed by atoms with Crippen LogP contribution in [0.1, 0.15) is 5.69 Å². The number of carbonyl (C=O) groups excluding carboxylic acids is 1. The van der Waals surface area contributed by atoms with Gasteiger partial charge in [-0.15, -0.1) is 0 Å². The maximum absolute atomic E-state index is 12.2. The molecule has 2 N–H and O–H groups in total. The number of aromatic amines is 1. The number of nitrogens with zero attached hydrogens (tertiary/aromatic N) is 7. The first-order chi connectivity index (χ1) is 11.7. The van der Waals surface area contributed by atoms with Gasteiger partial charge in [0, 0.05) is 30.9 Å². The molecule has 4 heterocycles. The van der Waals surface area contributed by atoms with E-state index in [1.54, 1.807) is 17.1 Å². The summed E-state index contributed by atoms with van der Waals surface area (Å²) in [6, 6.07) is 3.61. The van der Waals surface area contributed by atoms with Crippen LogP contribution in [-0.2, 0) is 4.79 Å². The Bertz CT molecular complexity index is 851. The van der Waals surface area contributed by atoms with E-state index in [0.29, 0.717) is 24.7 Å². The third kappa shape index (κ3) is 2.69. The monoisotopic (exact) mass is 325 g/mol. The molecule has 1 aliphatic heterocycles. The number of hydrogen-bond donors (Lipinski definition) is 2. The van der Waals surface area contributed by atoms with Gasteiger partial charge in [-0.05, 0) is 6.92 Å². The molecule has 1 amide bonds.